The van der Waals surface area contributed by atoms with E-state index >= 15 is 0 Å². The van der Waals surface area contributed by atoms with E-state index < -0.39 is 0 Å². The zero-order valence-corrected chi connectivity index (χ0v) is 7.88. The van der Waals surface area contributed by atoms with Crippen molar-refractivity contribution in [3.63, 3.8) is 0 Å². The molecule has 0 radical (unpaired) electrons. The van der Waals surface area contributed by atoms with Crippen LogP contribution in [0.1, 0.15) is 6.92 Å². The molecule has 0 aromatic carbocycles. The van der Waals surface area contributed by atoms with Crippen molar-refractivity contribution >= 4 is 0 Å². The number of hydrogen-bond donors (Lipinski definition) is 2. The van der Waals surface area contributed by atoms with Crippen molar-refractivity contribution in [3.8, 4) is 0 Å². The zero-order chi connectivity index (χ0) is 9.82. The number of nitrogens with one attached hydrogen (secondary N) is 1. The van der Waals surface area contributed by atoms with Crippen molar-refractivity contribution in [3.05, 3.63) is 49.4 Å². The van der Waals surface area contributed by atoms with E-state index in [-0.39, 0.29) is 0 Å². The maximum atomic E-state index is 4.89. The van der Waals surface area contributed by atoms with Crippen LogP contribution in [0, 0.1) is 0 Å². The van der Waals surface area contributed by atoms with Crippen LogP contribution in [-0.4, -0.2) is 7.05 Å². The van der Waals surface area contributed by atoms with Gasteiger partial charge in [-0.1, -0.05) is 25.3 Å². The SMILES string of the molecule is C=C/C(C)=C/NC.C=C/C=C/N. The van der Waals surface area contributed by atoms with Gasteiger partial charge in [0.15, 0.2) is 0 Å². The van der Waals surface area contributed by atoms with Crippen LogP contribution in [0.25, 0.3) is 0 Å². The minimum Gasteiger partial charge on any atom is -0.405 e. The Morgan fingerprint density at radius 2 is 2.00 bits per heavy atom. The van der Waals surface area contributed by atoms with Crippen molar-refractivity contribution in [2.45, 2.75) is 6.92 Å². The lowest BCUT2D eigenvalue weighted by Gasteiger charge is -1.87. The molecule has 0 saturated heterocycles. The van der Waals surface area contributed by atoms with Gasteiger partial charge in [0.1, 0.15) is 0 Å². The number of nitrogens with two attached hydrogens (primary N) is 1. The first kappa shape index (κ1) is 13.2. The van der Waals surface area contributed by atoms with E-state index in [0.717, 1.165) is 5.57 Å². The van der Waals surface area contributed by atoms with E-state index in [9.17, 15) is 0 Å². The molecule has 0 heterocycles. The molecule has 0 aliphatic rings. The molecule has 0 aromatic rings. The van der Waals surface area contributed by atoms with Gasteiger partial charge in [-0.3, -0.25) is 0 Å². The molecule has 0 aliphatic heterocycles. The monoisotopic (exact) mass is 166 g/mol. The van der Waals surface area contributed by atoms with Gasteiger partial charge >= 0.3 is 0 Å². The highest BCUT2D eigenvalue weighted by atomic mass is 14.8. The molecular formula is C10H18N2. The average molecular weight is 166 g/mol. The van der Waals surface area contributed by atoms with Crippen molar-refractivity contribution in [1.29, 1.82) is 0 Å². The quantitative estimate of drug-likeness (QED) is 0.629. The third-order valence-corrected chi connectivity index (χ3v) is 0.941. The minimum atomic E-state index is 1.16. The van der Waals surface area contributed by atoms with Crippen LogP contribution >= 0.6 is 0 Å². The fourth-order valence-corrected chi connectivity index (χ4v) is 0.365. The molecule has 0 bridgehead atoms. The third kappa shape index (κ3) is 15.8. The summed E-state index contributed by atoms with van der Waals surface area (Å²) in [5.41, 5.74) is 6.04. The van der Waals surface area contributed by atoms with Gasteiger partial charge < -0.3 is 11.1 Å². The van der Waals surface area contributed by atoms with Gasteiger partial charge in [-0.05, 0) is 31.0 Å². The van der Waals surface area contributed by atoms with Crippen LogP contribution in [0.4, 0.5) is 0 Å². The zero-order valence-electron chi connectivity index (χ0n) is 7.88. The van der Waals surface area contributed by atoms with Crippen LogP contribution in [0.5, 0.6) is 0 Å². The molecule has 0 fully saturated rings. The summed E-state index contributed by atoms with van der Waals surface area (Å²) in [7, 11) is 1.87. The fourth-order valence-electron chi connectivity index (χ4n) is 0.365. The number of hydrogen-bond acceptors (Lipinski definition) is 2. The molecular weight excluding hydrogens is 148 g/mol. The first-order valence-corrected chi connectivity index (χ1v) is 3.68. The maximum Gasteiger partial charge on any atom is 0.00277 e. The summed E-state index contributed by atoms with van der Waals surface area (Å²) >= 11 is 0. The molecule has 12 heavy (non-hydrogen) atoms. The lowest BCUT2D eigenvalue weighted by Crippen LogP contribution is -1.92. The Hall–Kier alpha value is -1.44. The van der Waals surface area contributed by atoms with Crippen LogP contribution in [0.3, 0.4) is 0 Å². The van der Waals surface area contributed by atoms with E-state index in [1.54, 1.807) is 18.2 Å². The van der Waals surface area contributed by atoms with E-state index in [4.69, 9.17) is 5.73 Å². The second-order valence-corrected chi connectivity index (χ2v) is 2.00. The smallest absolute Gasteiger partial charge is 0.00277 e. The second kappa shape index (κ2) is 12.3. The lowest BCUT2D eigenvalue weighted by molar-refractivity contribution is 1.08. The molecule has 68 valence electrons. The molecule has 0 amide bonds. The summed E-state index contributed by atoms with van der Waals surface area (Å²) in [6.45, 7) is 8.94. The fraction of sp³-hybridized carbons (Fsp3) is 0.200. The molecule has 0 aliphatic carbocycles. The van der Waals surface area contributed by atoms with Gasteiger partial charge in [0, 0.05) is 7.05 Å². The molecule has 0 aromatic heterocycles. The van der Waals surface area contributed by atoms with Gasteiger partial charge in [0.25, 0.3) is 0 Å². The van der Waals surface area contributed by atoms with Gasteiger partial charge in [-0.25, -0.2) is 0 Å². The van der Waals surface area contributed by atoms with Crippen molar-refractivity contribution in [2.24, 2.45) is 5.73 Å². The molecule has 0 spiro atoms. The van der Waals surface area contributed by atoms with E-state index in [1.807, 2.05) is 20.2 Å². The summed E-state index contributed by atoms with van der Waals surface area (Å²) in [4.78, 5) is 0. The van der Waals surface area contributed by atoms with Crippen molar-refractivity contribution in [1.82, 2.24) is 5.32 Å². The molecule has 2 heteroatoms. The Balaban J connectivity index is 0. The average Bonchev–Trinajstić information content (AvgIpc) is 2.07. The largest absolute Gasteiger partial charge is 0.405 e. The molecule has 0 atom stereocenters. The Kier molecular flexibility index (Phi) is 13.5. The predicted molar refractivity (Wildman–Crippen MR) is 56.5 cm³/mol. The Bertz CT molecular complexity index is 167. The second-order valence-electron chi connectivity index (χ2n) is 2.00. The van der Waals surface area contributed by atoms with Crippen LogP contribution < -0.4 is 11.1 Å². The van der Waals surface area contributed by atoms with Gasteiger partial charge in [0.2, 0.25) is 0 Å². The summed E-state index contributed by atoms with van der Waals surface area (Å²) in [6, 6.07) is 0. The highest BCUT2D eigenvalue weighted by Crippen LogP contribution is 1.86. The number of rotatable bonds is 3. The Morgan fingerprint density at radius 1 is 1.42 bits per heavy atom. The van der Waals surface area contributed by atoms with Crippen LogP contribution in [-0.2, 0) is 0 Å². The Morgan fingerprint density at radius 3 is 2.08 bits per heavy atom. The van der Waals surface area contributed by atoms with Crippen LogP contribution in [0.15, 0.2) is 49.4 Å². The standard InChI is InChI=1S/C6H11N.C4H7N/c1-4-6(2)5-7-3;1-2-3-4-5/h4-5,7H,1H2,2-3H3;2-4H,1,5H2/b6-5+;4-3+. The normalized spacial score (nSPS) is 10.0. The molecule has 0 rings (SSSR count). The molecule has 3 N–H and O–H groups in total. The highest BCUT2D eigenvalue weighted by molar-refractivity contribution is 5.10. The van der Waals surface area contributed by atoms with Gasteiger partial charge in [0.05, 0.1) is 0 Å². The summed E-state index contributed by atoms with van der Waals surface area (Å²) < 4.78 is 0. The van der Waals surface area contributed by atoms with E-state index in [2.05, 4.69) is 18.5 Å². The highest BCUT2D eigenvalue weighted by Gasteiger charge is 1.70. The molecule has 0 unspecified atom stereocenters. The van der Waals surface area contributed by atoms with Gasteiger partial charge in [-0.15, -0.1) is 0 Å². The molecule has 2 nitrogen and oxygen atoms in total. The summed E-state index contributed by atoms with van der Waals surface area (Å²) in [5, 5.41) is 2.89. The summed E-state index contributed by atoms with van der Waals surface area (Å²) in [6.07, 6.45) is 8.43. The molecule has 0 saturated carbocycles. The third-order valence-electron chi connectivity index (χ3n) is 0.941. The topological polar surface area (TPSA) is 38.0 Å². The first-order chi connectivity index (χ1) is 5.72. The summed E-state index contributed by atoms with van der Waals surface area (Å²) in [5.74, 6) is 0. The van der Waals surface area contributed by atoms with E-state index in [1.165, 1.54) is 6.20 Å². The first-order valence-electron chi connectivity index (χ1n) is 3.68. The predicted octanol–water partition coefficient (Wildman–Crippen LogP) is 1.94. The minimum absolute atomic E-state index is 1.16. The number of allylic oxidation sites excluding steroid dienone is 4. The van der Waals surface area contributed by atoms with Gasteiger partial charge in [-0.2, -0.15) is 0 Å². The van der Waals surface area contributed by atoms with Crippen molar-refractivity contribution < 1.29 is 0 Å². The lowest BCUT2D eigenvalue weighted by atomic mass is 10.3. The maximum absolute atomic E-state index is 4.89. The van der Waals surface area contributed by atoms with Crippen LogP contribution in [0.2, 0.25) is 0 Å². The Labute approximate surface area is 75.2 Å². The van der Waals surface area contributed by atoms with Crippen molar-refractivity contribution in [2.75, 3.05) is 7.05 Å². The van der Waals surface area contributed by atoms with E-state index in [0.29, 0.717) is 0 Å².